The third-order valence-corrected chi connectivity index (χ3v) is 2.73. The largest absolute Gasteiger partial charge is 0.352 e. The Balaban J connectivity index is 2.36. The molecule has 0 radical (unpaired) electrons. The molecule has 0 bridgehead atoms. The van der Waals surface area contributed by atoms with Crippen LogP contribution in [0.5, 0.6) is 0 Å². The van der Waals surface area contributed by atoms with Gasteiger partial charge in [-0.2, -0.15) is 0 Å². The maximum absolute atomic E-state index is 11.8. The number of carbonyl (C=O) groups is 2. The van der Waals surface area contributed by atoms with Crippen molar-refractivity contribution in [3.63, 3.8) is 0 Å². The van der Waals surface area contributed by atoms with E-state index >= 15 is 0 Å². The summed E-state index contributed by atoms with van der Waals surface area (Å²) in [6, 6.07) is 3.48. The molecule has 6 nitrogen and oxygen atoms in total. The summed E-state index contributed by atoms with van der Waals surface area (Å²) in [5.41, 5.74) is 0. The number of rotatable bonds is 7. The molecule has 1 rings (SSSR count). The van der Waals surface area contributed by atoms with Crippen LogP contribution in [0.4, 0.5) is 5.82 Å². The third-order valence-electron chi connectivity index (χ3n) is 2.27. The number of nitrogens with one attached hydrogen (secondary N) is 2. The van der Waals surface area contributed by atoms with Gasteiger partial charge >= 0.3 is 0 Å². The van der Waals surface area contributed by atoms with E-state index in [0.29, 0.717) is 12.4 Å². The van der Waals surface area contributed by atoms with Crippen molar-refractivity contribution in [1.82, 2.24) is 15.2 Å². The maximum Gasteiger partial charge on any atom is 0.239 e. The highest BCUT2D eigenvalue weighted by atomic mass is 79.9. The minimum atomic E-state index is -0.223. The number of amides is 2. The van der Waals surface area contributed by atoms with Crippen LogP contribution in [0, 0.1) is 0 Å². The molecule has 1 heterocycles. The summed E-state index contributed by atoms with van der Waals surface area (Å²) < 4.78 is 0.839. The first-order valence-electron chi connectivity index (χ1n) is 5.99. The van der Waals surface area contributed by atoms with Gasteiger partial charge in [0, 0.05) is 17.2 Å². The average Bonchev–Trinajstić information content (AvgIpc) is 2.38. The van der Waals surface area contributed by atoms with Gasteiger partial charge in [-0.3, -0.25) is 14.5 Å². The van der Waals surface area contributed by atoms with E-state index in [9.17, 15) is 9.59 Å². The molecule has 1 aromatic rings. The zero-order valence-electron chi connectivity index (χ0n) is 11.2. The highest BCUT2D eigenvalue weighted by molar-refractivity contribution is 9.10. The summed E-state index contributed by atoms with van der Waals surface area (Å²) in [5.74, 6) is 0.100. The van der Waals surface area contributed by atoms with Gasteiger partial charge in [-0.05, 0) is 35.1 Å². The van der Waals surface area contributed by atoms with E-state index in [1.807, 2.05) is 0 Å². The number of halogens is 1. The summed E-state index contributed by atoms with van der Waals surface area (Å²) in [7, 11) is 1.70. The Bertz CT molecular complexity index is 476. The number of nitrogens with zero attached hydrogens (tertiary/aromatic N) is 2. The van der Waals surface area contributed by atoms with Crippen LogP contribution in [-0.2, 0) is 9.59 Å². The molecular formula is C13H17BrN4O2. The topological polar surface area (TPSA) is 74.3 Å². The lowest BCUT2D eigenvalue weighted by atomic mass is 10.4. The third kappa shape index (κ3) is 6.44. The summed E-state index contributed by atoms with van der Waals surface area (Å²) in [6.07, 6.45) is 3.20. The van der Waals surface area contributed by atoms with E-state index in [2.05, 4.69) is 38.1 Å². The SMILES string of the molecule is C=CCNC(=O)CN(C)CC(=O)Nc1ccc(Br)cn1. The van der Waals surface area contributed by atoms with Crippen LogP contribution in [0.25, 0.3) is 0 Å². The van der Waals surface area contributed by atoms with Gasteiger partial charge in [0.25, 0.3) is 0 Å². The molecule has 20 heavy (non-hydrogen) atoms. The molecule has 0 aliphatic rings. The Hall–Kier alpha value is -1.73. The van der Waals surface area contributed by atoms with Crippen molar-refractivity contribution in [2.24, 2.45) is 0 Å². The molecular weight excluding hydrogens is 324 g/mol. The number of anilines is 1. The molecule has 0 unspecified atom stereocenters. The van der Waals surface area contributed by atoms with Gasteiger partial charge in [-0.1, -0.05) is 6.08 Å². The Labute approximate surface area is 126 Å². The predicted octanol–water partition coefficient (Wildman–Crippen LogP) is 1.02. The molecule has 2 N–H and O–H groups in total. The van der Waals surface area contributed by atoms with Crippen LogP contribution in [0.1, 0.15) is 0 Å². The van der Waals surface area contributed by atoms with E-state index in [1.54, 1.807) is 36.4 Å². The molecule has 0 aliphatic carbocycles. The van der Waals surface area contributed by atoms with Gasteiger partial charge in [0.15, 0.2) is 0 Å². The highest BCUT2D eigenvalue weighted by Gasteiger charge is 2.10. The smallest absolute Gasteiger partial charge is 0.239 e. The maximum atomic E-state index is 11.8. The molecule has 1 aromatic heterocycles. The van der Waals surface area contributed by atoms with Crippen molar-refractivity contribution >= 4 is 33.6 Å². The number of likely N-dealkylation sites (N-methyl/N-ethyl adjacent to an activating group) is 1. The number of aromatic nitrogens is 1. The van der Waals surface area contributed by atoms with Gasteiger partial charge in [-0.15, -0.1) is 6.58 Å². The van der Waals surface area contributed by atoms with Gasteiger partial charge in [0.2, 0.25) is 11.8 Å². The Morgan fingerprint density at radius 2 is 2.10 bits per heavy atom. The summed E-state index contributed by atoms with van der Waals surface area (Å²) in [5, 5.41) is 5.30. The van der Waals surface area contributed by atoms with Crippen molar-refractivity contribution in [1.29, 1.82) is 0 Å². The molecule has 7 heteroatoms. The van der Waals surface area contributed by atoms with Crippen molar-refractivity contribution in [2.45, 2.75) is 0 Å². The van der Waals surface area contributed by atoms with Crippen molar-refractivity contribution < 1.29 is 9.59 Å². The quantitative estimate of drug-likeness (QED) is 0.726. The van der Waals surface area contributed by atoms with Gasteiger partial charge in [0.1, 0.15) is 5.82 Å². The van der Waals surface area contributed by atoms with E-state index in [1.165, 1.54) is 0 Å². The van der Waals surface area contributed by atoms with Crippen LogP contribution >= 0.6 is 15.9 Å². The summed E-state index contributed by atoms with van der Waals surface area (Å²) in [4.78, 5) is 28.8. The van der Waals surface area contributed by atoms with Gasteiger partial charge in [-0.25, -0.2) is 4.98 Å². The Kier molecular flexibility index (Phi) is 6.89. The van der Waals surface area contributed by atoms with Crippen molar-refractivity contribution in [2.75, 3.05) is 32.0 Å². The van der Waals surface area contributed by atoms with E-state index in [0.717, 1.165) is 4.47 Å². The molecule has 108 valence electrons. The van der Waals surface area contributed by atoms with E-state index < -0.39 is 0 Å². The van der Waals surface area contributed by atoms with E-state index in [-0.39, 0.29) is 24.9 Å². The molecule has 0 aliphatic heterocycles. The fourth-order valence-electron chi connectivity index (χ4n) is 1.42. The Morgan fingerprint density at radius 3 is 2.70 bits per heavy atom. The second-order valence-corrected chi connectivity index (χ2v) is 5.09. The predicted molar refractivity (Wildman–Crippen MR) is 81.3 cm³/mol. The summed E-state index contributed by atoms with van der Waals surface area (Å²) >= 11 is 3.26. The molecule has 0 spiro atoms. The van der Waals surface area contributed by atoms with Crippen LogP contribution in [0.3, 0.4) is 0 Å². The molecule has 2 amide bonds. The minimum absolute atomic E-state index is 0.110. The number of hydrogen-bond donors (Lipinski definition) is 2. The zero-order valence-corrected chi connectivity index (χ0v) is 12.8. The molecule has 0 saturated carbocycles. The van der Waals surface area contributed by atoms with Crippen molar-refractivity contribution in [3.05, 3.63) is 35.5 Å². The standard InChI is InChI=1S/C13H17BrN4O2/c1-3-6-15-12(19)8-18(2)9-13(20)17-11-5-4-10(14)7-16-11/h3-5,7H,1,6,8-9H2,2H3,(H,15,19)(H,16,17,20). The molecule has 0 fully saturated rings. The van der Waals surface area contributed by atoms with Crippen molar-refractivity contribution in [3.8, 4) is 0 Å². The minimum Gasteiger partial charge on any atom is -0.352 e. The monoisotopic (exact) mass is 340 g/mol. The Morgan fingerprint density at radius 1 is 1.40 bits per heavy atom. The lowest BCUT2D eigenvalue weighted by Gasteiger charge is -2.15. The molecule has 0 saturated heterocycles. The van der Waals surface area contributed by atoms with E-state index in [4.69, 9.17) is 0 Å². The summed E-state index contributed by atoms with van der Waals surface area (Å²) in [6.45, 7) is 4.19. The lowest BCUT2D eigenvalue weighted by Crippen LogP contribution is -2.39. The second-order valence-electron chi connectivity index (χ2n) is 4.17. The second kappa shape index (κ2) is 8.44. The molecule has 0 atom stereocenters. The molecule has 0 aromatic carbocycles. The van der Waals surface area contributed by atoms with Crippen LogP contribution in [0.2, 0.25) is 0 Å². The van der Waals surface area contributed by atoms with Gasteiger partial charge < -0.3 is 10.6 Å². The first-order valence-corrected chi connectivity index (χ1v) is 6.78. The fraction of sp³-hybridized carbons (Fsp3) is 0.308. The lowest BCUT2D eigenvalue weighted by molar-refractivity contribution is -0.122. The van der Waals surface area contributed by atoms with Crippen LogP contribution < -0.4 is 10.6 Å². The highest BCUT2D eigenvalue weighted by Crippen LogP contribution is 2.10. The first kappa shape index (κ1) is 16.3. The van der Waals surface area contributed by atoms with Crippen LogP contribution in [-0.4, -0.2) is 48.4 Å². The fourth-order valence-corrected chi connectivity index (χ4v) is 1.65. The number of carbonyl (C=O) groups excluding carboxylic acids is 2. The first-order chi connectivity index (χ1) is 9.51. The average molecular weight is 341 g/mol. The zero-order chi connectivity index (χ0) is 15.0. The van der Waals surface area contributed by atoms with Gasteiger partial charge in [0.05, 0.1) is 13.1 Å². The number of pyridine rings is 1. The van der Waals surface area contributed by atoms with Crippen LogP contribution in [0.15, 0.2) is 35.5 Å². The normalized spacial score (nSPS) is 10.2. The number of hydrogen-bond acceptors (Lipinski definition) is 4.